The maximum atomic E-state index is 12.4. The van der Waals surface area contributed by atoms with Crippen LogP contribution in [-0.2, 0) is 4.74 Å². The lowest BCUT2D eigenvalue weighted by atomic mass is 10.2. The summed E-state index contributed by atoms with van der Waals surface area (Å²) in [6.07, 6.45) is 1.59. The topological polar surface area (TPSA) is 85.8 Å². The van der Waals surface area contributed by atoms with Crippen LogP contribution in [0.25, 0.3) is 16.7 Å². The Morgan fingerprint density at radius 1 is 1.15 bits per heavy atom. The van der Waals surface area contributed by atoms with Crippen molar-refractivity contribution in [2.45, 2.75) is 20.8 Å². The molecule has 1 N–H and O–H groups in total. The predicted octanol–water partition coefficient (Wildman–Crippen LogP) is 5.54. The molecule has 0 unspecified atom stereocenters. The van der Waals surface area contributed by atoms with E-state index in [-0.39, 0.29) is 11.7 Å². The van der Waals surface area contributed by atoms with E-state index in [4.69, 9.17) is 9.15 Å². The van der Waals surface area contributed by atoms with E-state index in [2.05, 4.69) is 26.5 Å². The highest BCUT2D eigenvalue weighted by molar-refractivity contribution is 9.10. The van der Waals surface area contributed by atoms with Gasteiger partial charge in [0.05, 0.1) is 18.4 Å². The number of carbonyl (C=O) groups excluding carboxylic acids is 2. The first kappa shape index (κ1) is 22.5. The summed E-state index contributed by atoms with van der Waals surface area (Å²) in [5.74, 6) is -0.611. The number of furan rings is 1. The number of ether oxygens (including phenoxy) is 1. The molecule has 168 valence electrons. The number of carbonyl (C=O) groups is 2. The van der Waals surface area contributed by atoms with Gasteiger partial charge in [-0.05, 0) is 69.3 Å². The van der Waals surface area contributed by atoms with Crippen LogP contribution in [-0.4, -0.2) is 29.3 Å². The average molecular weight is 508 g/mol. The molecule has 0 spiro atoms. The molecular formula is C25H22BrN3O4. The molecule has 0 aliphatic heterocycles. The molecular weight excluding hydrogens is 486 g/mol. The van der Waals surface area contributed by atoms with E-state index in [9.17, 15) is 9.59 Å². The Hall–Kier alpha value is -3.65. The minimum Gasteiger partial charge on any atom is -0.462 e. The zero-order chi connectivity index (χ0) is 23.5. The molecule has 7 nitrogen and oxygen atoms in total. The maximum absolute atomic E-state index is 12.4. The molecule has 2 aromatic carbocycles. The van der Waals surface area contributed by atoms with Crippen molar-refractivity contribution < 1.29 is 18.7 Å². The van der Waals surface area contributed by atoms with Gasteiger partial charge in [-0.2, -0.15) is 5.10 Å². The average Bonchev–Trinajstić information content (AvgIpc) is 3.34. The van der Waals surface area contributed by atoms with Crippen molar-refractivity contribution in [1.82, 2.24) is 9.99 Å². The Kier molecular flexibility index (Phi) is 6.46. The fourth-order valence-corrected chi connectivity index (χ4v) is 4.02. The van der Waals surface area contributed by atoms with E-state index in [1.54, 1.807) is 37.4 Å². The van der Waals surface area contributed by atoms with Crippen LogP contribution in [0, 0.1) is 13.8 Å². The van der Waals surface area contributed by atoms with Crippen LogP contribution in [0.4, 0.5) is 0 Å². The largest absolute Gasteiger partial charge is 0.462 e. The van der Waals surface area contributed by atoms with Crippen LogP contribution in [0.15, 0.2) is 68.6 Å². The van der Waals surface area contributed by atoms with E-state index >= 15 is 0 Å². The molecule has 0 fully saturated rings. The molecule has 0 saturated carbocycles. The van der Waals surface area contributed by atoms with E-state index in [0.717, 1.165) is 32.5 Å². The molecule has 0 atom stereocenters. The third-order valence-corrected chi connectivity index (χ3v) is 5.65. The number of nitrogens with one attached hydrogen (secondary N) is 1. The van der Waals surface area contributed by atoms with Gasteiger partial charge in [0.25, 0.3) is 0 Å². The zero-order valence-electron chi connectivity index (χ0n) is 18.4. The van der Waals surface area contributed by atoms with Crippen molar-refractivity contribution in [2.24, 2.45) is 5.10 Å². The molecule has 1 amide bonds. The van der Waals surface area contributed by atoms with Gasteiger partial charge in [-0.1, -0.05) is 22.0 Å². The zero-order valence-corrected chi connectivity index (χ0v) is 20.0. The Morgan fingerprint density at radius 3 is 2.76 bits per heavy atom. The first-order chi connectivity index (χ1) is 15.9. The molecule has 0 saturated heterocycles. The summed E-state index contributed by atoms with van der Waals surface area (Å²) in [5.41, 5.74) is 7.18. The number of benzene rings is 2. The van der Waals surface area contributed by atoms with E-state index < -0.39 is 5.91 Å². The lowest BCUT2D eigenvalue weighted by Crippen LogP contribution is -2.16. The summed E-state index contributed by atoms with van der Waals surface area (Å²) >= 11 is 3.41. The van der Waals surface area contributed by atoms with Gasteiger partial charge in [0.1, 0.15) is 5.58 Å². The number of hydrogen-bond acceptors (Lipinski definition) is 5. The molecule has 0 bridgehead atoms. The van der Waals surface area contributed by atoms with Crippen molar-refractivity contribution >= 4 is 45.0 Å². The molecule has 4 aromatic rings. The predicted molar refractivity (Wildman–Crippen MR) is 130 cm³/mol. The van der Waals surface area contributed by atoms with E-state index in [1.165, 1.54) is 0 Å². The van der Waals surface area contributed by atoms with Crippen LogP contribution in [0.1, 0.15) is 44.8 Å². The first-order valence-electron chi connectivity index (χ1n) is 10.4. The molecule has 2 heterocycles. The van der Waals surface area contributed by atoms with Gasteiger partial charge in [-0.15, -0.1) is 0 Å². The Bertz CT molecular complexity index is 1380. The van der Waals surface area contributed by atoms with Crippen molar-refractivity contribution in [3.05, 3.63) is 87.3 Å². The summed E-state index contributed by atoms with van der Waals surface area (Å²) < 4.78 is 13.6. The van der Waals surface area contributed by atoms with Crippen molar-refractivity contribution in [2.75, 3.05) is 6.61 Å². The number of aryl methyl sites for hydroxylation is 1. The Balaban J connectivity index is 1.52. The SMILES string of the molecule is CCOC(=O)c1cccc(-n2c(C)cc(/C=N/NC(=O)c3cc4cc(Br)ccc4o3)c2C)c1. The normalized spacial score (nSPS) is 11.3. The third kappa shape index (κ3) is 4.75. The van der Waals surface area contributed by atoms with Crippen LogP contribution >= 0.6 is 15.9 Å². The van der Waals surface area contributed by atoms with Gasteiger partial charge >= 0.3 is 11.9 Å². The van der Waals surface area contributed by atoms with Gasteiger partial charge in [0.2, 0.25) is 0 Å². The summed E-state index contributed by atoms with van der Waals surface area (Å²) in [6, 6.07) is 16.4. The number of esters is 1. The summed E-state index contributed by atoms with van der Waals surface area (Å²) in [7, 11) is 0. The van der Waals surface area contributed by atoms with Gasteiger partial charge < -0.3 is 13.7 Å². The number of nitrogens with zero attached hydrogens (tertiary/aromatic N) is 2. The van der Waals surface area contributed by atoms with Crippen LogP contribution in [0.5, 0.6) is 0 Å². The van der Waals surface area contributed by atoms with Crippen LogP contribution in [0.3, 0.4) is 0 Å². The fourth-order valence-electron chi connectivity index (χ4n) is 3.64. The number of rotatable bonds is 6. The quantitative estimate of drug-likeness (QED) is 0.211. The van der Waals surface area contributed by atoms with E-state index in [1.807, 2.05) is 48.7 Å². The fraction of sp³-hybridized carbons (Fsp3) is 0.160. The number of aromatic nitrogens is 1. The third-order valence-electron chi connectivity index (χ3n) is 5.16. The highest BCUT2D eigenvalue weighted by Gasteiger charge is 2.14. The highest BCUT2D eigenvalue weighted by atomic mass is 79.9. The number of fused-ring (bicyclic) bond motifs is 1. The number of hydrazone groups is 1. The standard InChI is InChI=1S/C25H22BrN3O4/c1-4-32-25(31)17-6-5-7-21(12-17)29-15(2)10-19(16(29)3)14-27-28-24(30)23-13-18-11-20(26)8-9-22(18)33-23/h5-14H,4H2,1-3H3,(H,28,30)/b27-14+. The number of hydrogen-bond donors (Lipinski definition) is 1. The van der Waals surface area contributed by atoms with E-state index in [0.29, 0.717) is 17.8 Å². The summed E-state index contributed by atoms with van der Waals surface area (Å²) in [6.45, 7) is 6.01. The lowest BCUT2D eigenvalue weighted by molar-refractivity contribution is 0.0526. The second-order valence-corrected chi connectivity index (χ2v) is 8.34. The van der Waals surface area contributed by atoms with Crippen molar-refractivity contribution in [3.8, 4) is 5.69 Å². The molecule has 33 heavy (non-hydrogen) atoms. The Morgan fingerprint density at radius 2 is 1.97 bits per heavy atom. The van der Waals surface area contributed by atoms with Crippen LogP contribution < -0.4 is 5.43 Å². The maximum Gasteiger partial charge on any atom is 0.338 e. The number of halogens is 1. The van der Waals surface area contributed by atoms with Gasteiger partial charge in [-0.25, -0.2) is 10.2 Å². The minimum absolute atomic E-state index is 0.182. The summed E-state index contributed by atoms with van der Waals surface area (Å²) in [5, 5.41) is 4.93. The highest BCUT2D eigenvalue weighted by Crippen LogP contribution is 2.24. The molecule has 8 heteroatoms. The monoisotopic (exact) mass is 507 g/mol. The lowest BCUT2D eigenvalue weighted by Gasteiger charge is -2.11. The molecule has 0 radical (unpaired) electrons. The first-order valence-corrected chi connectivity index (χ1v) is 11.2. The van der Waals surface area contributed by atoms with Gasteiger partial charge in [0, 0.05) is 32.5 Å². The molecule has 0 aliphatic carbocycles. The molecule has 4 rings (SSSR count). The van der Waals surface area contributed by atoms with Crippen molar-refractivity contribution in [1.29, 1.82) is 0 Å². The molecule has 0 aliphatic rings. The van der Waals surface area contributed by atoms with Crippen LogP contribution in [0.2, 0.25) is 0 Å². The summed E-state index contributed by atoms with van der Waals surface area (Å²) in [4.78, 5) is 24.5. The molecule has 2 aromatic heterocycles. The van der Waals surface area contributed by atoms with Crippen molar-refractivity contribution in [3.63, 3.8) is 0 Å². The van der Waals surface area contributed by atoms with Gasteiger partial charge in [0.15, 0.2) is 5.76 Å². The Labute approximate surface area is 199 Å². The van der Waals surface area contributed by atoms with Gasteiger partial charge in [-0.3, -0.25) is 4.79 Å². The minimum atomic E-state index is -0.436. The second-order valence-electron chi connectivity index (χ2n) is 7.42. The smallest absolute Gasteiger partial charge is 0.338 e. The number of amides is 1. The second kappa shape index (κ2) is 9.46.